The standard InChI is InChI=1S/C11H12O3/c1-13-9-14-11(12)8-7-10-5-3-2-4-6-10/h2-8H,9H2,1H3/b8-7-. The SMILES string of the molecule is COCOC(=O)/C=C\c1ccccc1. The van der Waals surface area contributed by atoms with E-state index >= 15 is 0 Å². The predicted octanol–water partition coefficient (Wildman–Crippen LogP) is 1.85. The number of methoxy groups -OCH3 is 1. The van der Waals surface area contributed by atoms with Crippen LogP contribution in [0.5, 0.6) is 0 Å². The van der Waals surface area contributed by atoms with Gasteiger partial charge in [0, 0.05) is 13.2 Å². The molecule has 0 saturated carbocycles. The van der Waals surface area contributed by atoms with E-state index in [0.717, 1.165) is 5.56 Å². The number of benzene rings is 1. The number of esters is 1. The van der Waals surface area contributed by atoms with Crippen LogP contribution in [0.2, 0.25) is 0 Å². The second-order valence-electron chi connectivity index (χ2n) is 2.61. The van der Waals surface area contributed by atoms with Gasteiger partial charge in [-0.2, -0.15) is 0 Å². The van der Waals surface area contributed by atoms with Crippen molar-refractivity contribution in [1.29, 1.82) is 0 Å². The maximum absolute atomic E-state index is 11.0. The number of rotatable bonds is 4. The van der Waals surface area contributed by atoms with Crippen molar-refractivity contribution in [3.05, 3.63) is 42.0 Å². The van der Waals surface area contributed by atoms with Crippen molar-refractivity contribution < 1.29 is 14.3 Å². The first kappa shape index (κ1) is 10.5. The molecule has 0 aromatic heterocycles. The van der Waals surface area contributed by atoms with Crippen LogP contribution in [0, 0.1) is 0 Å². The molecule has 74 valence electrons. The molecule has 0 heterocycles. The third-order valence-corrected chi connectivity index (χ3v) is 1.53. The van der Waals surface area contributed by atoms with Gasteiger partial charge in [0.1, 0.15) is 0 Å². The van der Waals surface area contributed by atoms with E-state index in [-0.39, 0.29) is 6.79 Å². The fourth-order valence-corrected chi connectivity index (χ4v) is 0.894. The highest BCUT2D eigenvalue weighted by Crippen LogP contribution is 2.00. The minimum Gasteiger partial charge on any atom is -0.435 e. The van der Waals surface area contributed by atoms with Crippen molar-refractivity contribution >= 4 is 12.0 Å². The van der Waals surface area contributed by atoms with Gasteiger partial charge in [0.2, 0.25) is 0 Å². The van der Waals surface area contributed by atoms with Gasteiger partial charge in [-0.3, -0.25) is 0 Å². The van der Waals surface area contributed by atoms with Gasteiger partial charge in [0.25, 0.3) is 0 Å². The first-order valence-electron chi connectivity index (χ1n) is 4.22. The smallest absolute Gasteiger partial charge is 0.332 e. The Morgan fingerprint density at radius 2 is 2.07 bits per heavy atom. The van der Waals surface area contributed by atoms with Crippen molar-refractivity contribution in [2.45, 2.75) is 0 Å². The van der Waals surface area contributed by atoms with Crippen molar-refractivity contribution in [3.8, 4) is 0 Å². The number of hydrogen-bond donors (Lipinski definition) is 0. The topological polar surface area (TPSA) is 35.5 Å². The molecule has 0 aliphatic heterocycles. The molecule has 0 radical (unpaired) electrons. The van der Waals surface area contributed by atoms with Gasteiger partial charge in [-0.05, 0) is 11.6 Å². The lowest BCUT2D eigenvalue weighted by Gasteiger charge is -1.97. The van der Waals surface area contributed by atoms with Crippen LogP contribution in [0.15, 0.2) is 36.4 Å². The molecular weight excluding hydrogens is 180 g/mol. The van der Waals surface area contributed by atoms with Crippen molar-refractivity contribution in [2.75, 3.05) is 13.9 Å². The molecule has 14 heavy (non-hydrogen) atoms. The molecule has 0 aliphatic carbocycles. The molecule has 0 saturated heterocycles. The second-order valence-corrected chi connectivity index (χ2v) is 2.61. The highest BCUT2D eigenvalue weighted by Gasteiger charge is 1.94. The first-order chi connectivity index (χ1) is 6.83. The number of carbonyl (C=O) groups is 1. The molecule has 0 aliphatic rings. The van der Waals surface area contributed by atoms with E-state index in [0.29, 0.717) is 0 Å². The third kappa shape index (κ3) is 3.87. The lowest BCUT2D eigenvalue weighted by Crippen LogP contribution is -2.03. The fraction of sp³-hybridized carbons (Fsp3) is 0.182. The fourth-order valence-electron chi connectivity index (χ4n) is 0.894. The molecule has 3 nitrogen and oxygen atoms in total. The van der Waals surface area contributed by atoms with E-state index < -0.39 is 5.97 Å². The monoisotopic (exact) mass is 192 g/mol. The van der Waals surface area contributed by atoms with Crippen LogP contribution in [0.3, 0.4) is 0 Å². The summed E-state index contributed by atoms with van der Waals surface area (Å²) >= 11 is 0. The predicted molar refractivity (Wildman–Crippen MR) is 53.4 cm³/mol. The van der Waals surface area contributed by atoms with Crippen molar-refractivity contribution in [2.24, 2.45) is 0 Å². The molecule has 0 N–H and O–H groups in total. The quantitative estimate of drug-likeness (QED) is 0.415. The van der Waals surface area contributed by atoms with Gasteiger partial charge in [0.15, 0.2) is 6.79 Å². The average molecular weight is 192 g/mol. The summed E-state index contributed by atoms with van der Waals surface area (Å²) in [4.78, 5) is 11.0. The molecule has 0 amide bonds. The Kier molecular flexibility index (Phi) is 4.44. The third-order valence-electron chi connectivity index (χ3n) is 1.53. The molecule has 0 bridgehead atoms. The molecule has 1 rings (SSSR count). The van der Waals surface area contributed by atoms with E-state index in [1.54, 1.807) is 6.08 Å². The minimum atomic E-state index is -0.407. The van der Waals surface area contributed by atoms with Gasteiger partial charge in [-0.15, -0.1) is 0 Å². The van der Waals surface area contributed by atoms with Gasteiger partial charge in [-0.1, -0.05) is 30.3 Å². The van der Waals surface area contributed by atoms with Gasteiger partial charge < -0.3 is 9.47 Å². The number of hydrogen-bond acceptors (Lipinski definition) is 3. The molecule has 0 fully saturated rings. The number of ether oxygens (including phenoxy) is 2. The van der Waals surface area contributed by atoms with Crippen molar-refractivity contribution in [1.82, 2.24) is 0 Å². The van der Waals surface area contributed by atoms with E-state index in [9.17, 15) is 4.79 Å². The lowest BCUT2D eigenvalue weighted by atomic mass is 10.2. The van der Waals surface area contributed by atoms with E-state index in [2.05, 4.69) is 9.47 Å². The summed E-state index contributed by atoms with van der Waals surface area (Å²) in [6.07, 6.45) is 3.06. The molecule has 0 atom stereocenters. The highest BCUT2D eigenvalue weighted by molar-refractivity contribution is 5.86. The molecule has 3 heteroatoms. The van der Waals surface area contributed by atoms with Crippen molar-refractivity contribution in [3.63, 3.8) is 0 Å². The number of carbonyl (C=O) groups excluding carboxylic acids is 1. The Balaban J connectivity index is 2.44. The van der Waals surface area contributed by atoms with Gasteiger partial charge in [-0.25, -0.2) is 4.79 Å². The van der Waals surface area contributed by atoms with Gasteiger partial charge in [0.05, 0.1) is 0 Å². The summed E-state index contributed by atoms with van der Waals surface area (Å²) in [6, 6.07) is 9.53. The zero-order valence-corrected chi connectivity index (χ0v) is 7.97. The summed E-state index contributed by atoms with van der Waals surface area (Å²) in [5, 5.41) is 0. The zero-order chi connectivity index (χ0) is 10.2. The Morgan fingerprint density at radius 3 is 2.71 bits per heavy atom. The Hall–Kier alpha value is -1.61. The summed E-state index contributed by atoms with van der Waals surface area (Å²) in [5.41, 5.74) is 0.960. The average Bonchev–Trinajstić information content (AvgIpc) is 2.25. The zero-order valence-electron chi connectivity index (χ0n) is 7.97. The Labute approximate surface area is 83.0 Å². The second kappa shape index (κ2) is 5.94. The van der Waals surface area contributed by atoms with Crippen LogP contribution >= 0.6 is 0 Å². The van der Waals surface area contributed by atoms with Crippen LogP contribution in [0.25, 0.3) is 6.08 Å². The van der Waals surface area contributed by atoms with Crippen LogP contribution in [0.1, 0.15) is 5.56 Å². The first-order valence-corrected chi connectivity index (χ1v) is 4.22. The minimum absolute atomic E-state index is 0.0159. The van der Waals surface area contributed by atoms with E-state index in [1.165, 1.54) is 13.2 Å². The van der Waals surface area contributed by atoms with Crippen LogP contribution in [-0.4, -0.2) is 19.9 Å². The van der Waals surface area contributed by atoms with E-state index in [4.69, 9.17) is 0 Å². The highest BCUT2D eigenvalue weighted by atomic mass is 16.7. The van der Waals surface area contributed by atoms with E-state index in [1.807, 2.05) is 30.3 Å². The maximum atomic E-state index is 11.0. The van der Waals surface area contributed by atoms with Crippen LogP contribution in [-0.2, 0) is 14.3 Å². The molecule has 0 spiro atoms. The van der Waals surface area contributed by atoms with Crippen LogP contribution < -0.4 is 0 Å². The van der Waals surface area contributed by atoms with Crippen LogP contribution in [0.4, 0.5) is 0 Å². The lowest BCUT2D eigenvalue weighted by molar-refractivity contribution is -0.147. The normalized spacial score (nSPS) is 10.4. The molecule has 1 aromatic carbocycles. The summed E-state index contributed by atoms with van der Waals surface area (Å²) in [5.74, 6) is -0.407. The largest absolute Gasteiger partial charge is 0.435 e. The maximum Gasteiger partial charge on any atom is 0.332 e. The molecule has 0 unspecified atom stereocenters. The summed E-state index contributed by atoms with van der Waals surface area (Å²) < 4.78 is 9.25. The van der Waals surface area contributed by atoms with Gasteiger partial charge >= 0.3 is 5.97 Å². The summed E-state index contributed by atoms with van der Waals surface area (Å²) in [6.45, 7) is -0.0159. The summed E-state index contributed by atoms with van der Waals surface area (Å²) in [7, 11) is 1.47. The molecular formula is C11H12O3. The Bertz CT molecular complexity index is 304. The molecule has 1 aromatic rings. The Morgan fingerprint density at radius 1 is 1.36 bits per heavy atom.